The molecule has 0 fully saturated rings. The number of carboxylic acids is 1. The predicted molar refractivity (Wildman–Crippen MR) is 151 cm³/mol. The average molecular weight is 517 g/mol. The summed E-state index contributed by atoms with van der Waals surface area (Å²) in [6, 6.07) is 8.31. The van der Waals surface area contributed by atoms with Crippen molar-refractivity contribution in [3.63, 3.8) is 0 Å². The minimum Gasteiger partial charge on any atom is -0.481 e. The van der Waals surface area contributed by atoms with Gasteiger partial charge in [-0.15, -0.1) is 0 Å². The molecule has 1 rings (SSSR count). The quantitative estimate of drug-likeness (QED) is 0.137. The van der Waals surface area contributed by atoms with Crippen LogP contribution in [0.2, 0.25) is 0 Å². The molecule has 0 aromatic heterocycles. The van der Waals surface area contributed by atoms with Crippen molar-refractivity contribution in [2.75, 3.05) is 0 Å². The number of amides is 2. The third kappa shape index (κ3) is 18.5. The van der Waals surface area contributed by atoms with Crippen LogP contribution in [0.3, 0.4) is 0 Å². The Morgan fingerprint density at radius 2 is 1.22 bits per heavy atom. The van der Waals surface area contributed by atoms with Crippen LogP contribution in [-0.2, 0) is 20.8 Å². The van der Waals surface area contributed by atoms with Crippen molar-refractivity contribution in [3.05, 3.63) is 35.9 Å². The van der Waals surface area contributed by atoms with Gasteiger partial charge in [-0.2, -0.15) is 0 Å². The Hall–Kier alpha value is -2.37. The number of hydrogen-bond acceptors (Lipinski definition) is 3. The first kappa shape index (κ1) is 32.7. The lowest BCUT2D eigenvalue weighted by Gasteiger charge is -2.21. The summed E-state index contributed by atoms with van der Waals surface area (Å²) >= 11 is 0. The van der Waals surface area contributed by atoms with Crippen LogP contribution in [0.5, 0.6) is 0 Å². The summed E-state index contributed by atoms with van der Waals surface area (Å²) in [6.45, 7) is 3.92. The molecule has 0 bridgehead atoms. The van der Waals surface area contributed by atoms with Crippen LogP contribution in [0.15, 0.2) is 30.3 Å². The molecule has 0 aliphatic carbocycles. The van der Waals surface area contributed by atoms with Gasteiger partial charge in [-0.3, -0.25) is 14.4 Å². The second-order valence-corrected chi connectivity index (χ2v) is 10.5. The predicted octanol–water partition coefficient (Wildman–Crippen LogP) is 6.95. The molecule has 6 nitrogen and oxygen atoms in total. The number of nitrogens with one attached hydrogen (secondary N) is 2. The highest BCUT2D eigenvalue weighted by atomic mass is 16.4. The third-order valence-corrected chi connectivity index (χ3v) is 6.81. The summed E-state index contributed by atoms with van der Waals surface area (Å²) < 4.78 is 0. The highest BCUT2D eigenvalue weighted by Crippen LogP contribution is 2.14. The Morgan fingerprint density at radius 1 is 0.730 bits per heavy atom. The van der Waals surface area contributed by atoms with Gasteiger partial charge in [-0.25, -0.2) is 0 Å². The fraction of sp³-hybridized carbons (Fsp3) is 0.710. The molecule has 0 saturated heterocycles. The molecule has 210 valence electrons. The maximum atomic E-state index is 12.8. The molecule has 2 amide bonds. The number of benzene rings is 1. The zero-order chi connectivity index (χ0) is 27.1. The molecular formula is C31H52N2O4. The smallest absolute Gasteiger partial charge is 0.305 e. The first-order chi connectivity index (χ1) is 17.9. The van der Waals surface area contributed by atoms with Crippen LogP contribution in [0.1, 0.15) is 129 Å². The molecule has 1 unspecified atom stereocenters. The van der Waals surface area contributed by atoms with Crippen molar-refractivity contribution in [1.82, 2.24) is 10.6 Å². The third-order valence-electron chi connectivity index (χ3n) is 6.81. The van der Waals surface area contributed by atoms with E-state index in [1.54, 1.807) is 6.92 Å². The fourth-order valence-corrected chi connectivity index (χ4v) is 4.64. The number of unbranched alkanes of at least 4 members (excludes halogenated alkanes) is 14. The molecule has 0 aliphatic rings. The summed E-state index contributed by atoms with van der Waals surface area (Å²) in [5.74, 6) is -1.44. The van der Waals surface area contributed by atoms with E-state index in [9.17, 15) is 14.4 Å². The van der Waals surface area contributed by atoms with E-state index in [2.05, 4.69) is 17.6 Å². The van der Waals surface area contributed by atoms with Crippen molar-refractivity contribution in [2.45, 2.75) is 142 Å². The van der Waals surface area contributed by atoms with Crippen molar-refractivity contribution < 1.29 is 19.5 Å². The molecular weight excluding hydrogens is 464 g/mol. The number of carbonyl (C=O) groups excluding carboxylic acids is 2. The Balaban J connectivity index is 2.20. The van der Waals surface area contributed by atoms with Gasteiger partial charge in [0.15, 0.2) is 0 Å². The molecule has 2 atom stereocenters. The van der Waals surface area contributed by atoms with Crippen LogP contribution < -0.4 is 10.6 Å². The zero-order valence-electron chi connectivity index (χ0n) is 23.4. The minimum absolute atomic E-state index is 0.128. The fourth-order valence-electron chi connectivity index (χ4n) is 4.64. The van der Waals surface area contributed by atoms with Crippen LogP contribution in [0.25, 0.3) is 0 Å². The largest absolute Gasteiger partial charge is 0.481 e. The summed E-state index contributed by atoms with van der Waals surface area (Å²) in [7, 11) is 0. The Kier molecular flexibility index (Phi) is 19.1. The molecule has 0 heterocycles. The lowest BCUT2D eigenvalue weighted by atomic mass is 10.0. The van der Waals surface area contributed by atoms with E-state index >= 15 is 0 Å². The van der Waals surface area contributed by atoms with Crippen molar-refractivity contribution >= 4 is 17.8 Å². The normalized spacial score (nSPS) is 12.6. The SMILES string of the molecule is CCCCCCCCCCCCCCCCCC(=O)N[C@@H](Cc1ccccc1)C(=O)NC(C)CC(=O)O. The molecule has 6 heteroatoms. The number of hydrogen-bond donors (Lipinski definition) is 3. The first-order valence-electron chi connectivity index (χ1n) is 14.8. The maximum absolute atomic E-state index is 12.8. The van der Waals surface area contributed by atoms with Gasteiger partial charge in [0.25, 0.3) is 0 Å². The molecule has 0 radical (unpaired) electrons. The Morgan fingerprint density at radius 3 is 1.70 bits per heavy atom. The molecule has 0 spiro atoms. The van der Waals surface area contributed by atoms with E-state index in [1.165, 1.54) is 77.0 Å². The second-order valence-electron chi connectivity index (χ2n) is 10.5. The van der Waals surface area contributed by atoms with Crippen molar-refractivity contribution in [2.24, 2.45) is 0 Å². The minimum atomic E-state index is -0.968. The first-order valence-corrected chi connectivity index (χ1v) is 14.8. The highest BCUT2D eigenvalue weighted by Gasteiger charge is 2.23. The summed E-state index contributed by atoms with van der Waals surface area (Å²) in [5.41, 5.74) is 0.945. The van der Waals surface area contributed by atoms with Gasteiger partial charge >= 0.3 is 5.97 Å². The number of carboxylic acid groups (broad SMARTS) is 1. The lowest BCUT2D eigenvalue weighted by molar-refractivity contribution is -0.138. The van der Waals surface area contributed by atoms with Gasteiger partial charge < -0.3 is 15.7 Å². The van der Waals surface area contributed by atoms with E-state index in [0.717, 1.165) is 24.8 Å². The van der Waals surface area contributed by atoms with Crippen LogP contribution in [-0.4, -0.2) is 35.0 Å². The van der Waals surface area contributed by atoms with E-state index < -0.39 is 18.1 Å². The van der Waals surface area contributed by atoms with Gasteiger partial charge in [0, 0.05) is 18.9 Å². The molecule has 1 aromatic rings. The second kappa shape index (κ2) is 21.7. The Labute approximate surface area is 225 Å². The van der Waals surface area contributed by atoms with E-state index in [1.807, 2.05) is 30.3 Å². The Bertz CT molecular complexity index is 738. The number of carbonyl (C=O) groups is 3. The summed E-state index contributed by atoms with van der Waals surface area (Å²) in [5, 5.41) is 14.6. The standard InChI is InChI=1S/C31H52N2O4/c1-3-4-5-6-7-8-9-10-11-12-13-14-15-16-20-23-29(34)33-28(25-27-21-18-17-19-22-27)31(37)32-26(2)24-30(35)36/h17-19,21-22,26,28H,3-16,20,23-25H2,1-2H3,(H,32,37)(H,33,34)(H,35,36)/t26?,28-/m0/s1. The zero-order valence-corrected chi connectivity index (χ0v) is 23.4. The molecule has 0 aliphatic heterocycles. The highest BCUT2D eigenvalue weighted by molar-refractivity contribution is 5.88. The summed E-state index contributed by atoms with van der Waals surface area (Å²) in [4.78, 5) is 36.3. The summed E-state index contributed by atoms with van der Waals surface area (Å²) in [6.07, 6.45) is 19.8. The number of aliphatic carboxylic acids is 1. The van der Waals surface area contributed by atoms with E-state index in [0.29, 0.717) is 12.8 Å². The maximum Gasteiger partial charge on any atom is 0.305 e. The van der Waals surface area contributed by atoms with Gasteiger partial charge in [0.2, 0.25) is 11.8 Å². The lowest BCUT2D eigenvalue weighted by Crippen LogP contribution is -2.50. The van der Waals surface area contributed by atoms with E-state index in [4.69, 9.17) is 5.11 Å². The average Bonchev–Trinajstić information content (AvgIpc) is 2.86. The van der Waals surface area contributed by atoms with Crippen LogP contribution >= 0.6 is 0 Å². The monoisotopic (exact) mass is 516 g/mol. The molecule has 37 heavy (non-hydrogen) atoms. The molecule has 1 aromatic carbocycles. The van der Waals surface area contributed by atoms with Crippen LogP contribution in [0, 0.1) is 0 Å². The molecule has 3 N–H and O–H groups in total. The number of rotatable bonds is 23. The van der Waals surface area contributed by atoms with Crippen LogP contribution in [0.4, 0.5) is 0 Å². The van der Waals surface area contributed by atoms with Gasteiger partial charge in [-0.05, 0) is 18.9 Å². The van der Waals surface area contributed by atoms with Gasteiger partial charge in [0.1, 0.15) is 6.04 Å². The van der Waals surface area contributed by atoms with Crippen molar-refractivity contribution in [3.8, 4) is 0 Å². The van der Waals surface area contributed by atoms with Gasteiger partial charge in [0.05, 0.1) is 6.42 Å². The van der Waals surface area contributed by atoms with E-state index in [-0.39, 0.29) is 18.2 Å². The van der Waals surface area contributed by atoms with Crippen molar-refractivity contribution in [1.29, 1.82) is 0 Å². The van der Waals surface area contributed by atoms with Gasteiger partial charge in [-0.1, -0.05) is 127 Å². The topological polar surface area (TPSA) is 95.5 Å². The molecule has 0 saturated carbocycles.